The molecular formula is C12H9N2O2S+. The molecule has 0 saturated heterocycles. The molecule has 84 valence electrons. The number of carbonyl (C=O) groups is 2. The van der Waals surface area contributed by atoms with Crippen LogP contribution in [0, 0.1) is 0 Å². The van der Waals surface area contributed by atoms with E-state index >= 15 is 0 Å². The fourth-order valence-corrected chi connectivity index (χ4v) is 2.78. The highest BCUT2D eigenvalue weighted by Crippen LogP contribution is 2.25. The minimum Gasteiger partial charge on any atom is -0.269 e. The van der Waals surface area contributed by atoms with Crippen molar-refractivity contribution in [2.24, 2.45) is 7.05 Å². The van der Waals surface area contributed by atoms with Crippen LogP contribution in [0.15, 0.2) is 35.9 Å². The fourth-order valence-electron chi connectivity index (χ4n) is 1.88. The Morgan fingerprint density at radius 1 is 1.18 bits per heavy atom. The van der Waals surface area contributed by atoms with Gasteiger partial charge in [0.25, 0.3) is 11.8 Å². The Morgan fingerprint density at radius 3 is 2.59 bits per heavy atom. The molecule has 0 bridgehead atoms. The van der Waals surface area contributed by atoms with E-state index in [0.29, 0.717) is 5.69 Å². The van der Waals surface area contributed by atoms with E-state index < -0.39 is 0 Å². The largest absolute Gasteiger partial charge is 0.269 e. The topological polar surface area (TPSA) is 41.3 Å². The molecule has 1 aromatic carbocycles. The molecule has 17 heavy (non-hydrogen) atoms. The zero-order valence-corrected chi connectivity index (χ0v) is 9.90. The van der Waals surface area contributed by atoms with Gasteiger partial charge in [0.05, 0.1) is 5.69 Å². The van der Waals surface area contributed by atoms with Gasteiger partial charge in [-0.1, -0.05) is 11.3 Å². The molecule has 2 amide bonds. The van der Waals surface area contributed by atoms with Gasteiger partial charge in [0.2, 0.25) is 11.0 Å². The van der Waals surface area contributed by atoms with Crippen LogP contribution >= 0.6 is 11.3 Å². The molecule has 0 radical (unpaired) electrons. The van der Waals surface area contributed by atoms with Gasteiger partial charge < -0.3 is 0 Å². The Labute approximate surface area is 101 Å². The van der Waals surface area contributed by atoms with Crippen molar-refractivity contribution < 1.29 is 14.2 Å². The van der Waals surface area contributed by atoms with Gasteiger partial charge in [0.1, 0.15) is 11.7 Å². The van der Waals surface area contributed by atoms with Crippen LogP contribution in [0.25, 0.3) is 10.2 Å². The number of aryl methyl sites for hydroxylation is 1. The van der Waals surface area contributed by atoms with E-state index in [1.165, 1.54) is 17.1 Å². The van der Waals surface area contributed by atoms with E-state index in [2.05, 4.69) is 0 Å². The van der Waals surface area contributed by atoms with Crippen molar-refractivity contribution in [1.82, 2.24) is 0 Å². The van der Waals surface area contributed by atoms with Crippen molar-refractivity contribution in [3.63, 3.8) is 0 Å². The van der Waals surface area contributed by atoms with Crippen LogP contribution in [-0.2, 0) is 16.6 Å². The lowest BCUT2D eigenvalue weighted by molar-refractivity contribution is -0.640. The number of carbonyl (C=O) groups excluding carboxylic acids is 2. The Kier molecular flexibility index (Phi) is 2.09. The maximum atomic E-state index is 11.5. The molecule has 0 atom stereocenters. The Morgan fingerprint density at radius 2 is 1.88 bits per heavy atom. The van der Waals surface area contributed by atoms with Crippen LogP contribution in [-0.4, -0.2) is 11.8 Å². The predicted octanol–water partition coefficient (Wildman–Crippen LogP) is 1.16. The summed E-state index contributed by atoms with van der Waals surface area (Å²) in [6.07, 6.45) is 2.59. The summed E-state index contributed by atoms with van der Waals surface area (Å²) in [6.45, 7) is 0. The van der Waals surface area contributed by atoms with Gasteiger partial charge in [-0.3, -0.25) is 9.59 Å². The molecular weight excluding hydrogens is 236 g/mol. The number of fused-ring (bicyclic) bond motifs is 1. The molecule has 0 fully saturated rings. The minimum atomic E-state index is -0.282. The highest BCUT2D eigenvalue weighted by molar-refractivity contribution is 7.16. The molecule has 4 nitrogen and oxygen atoms in total. The summed E-state index contributed by atoms with van der Waals surface area (Å²) < 4.78 is 3.06. The van der Waals surface area contributed by atoms with Gasteiger partial charge in [-0.25, -0.2) is 4.90 Å². The summed E-state index contributed by atoms with van der Waals surface area (Å²) in [7, 11) is 1.96. The number of rotatable bonds is 1. The van der Waals surface area contributed by atoms with Crippen molar-refractivity contribution in [3.05, 3.63) is 35.9 Å². The number of hydrogen-bond acceptors (Lipinski definition) is 3. The monoisotopic (exact) mass is 245 g/mol. The summed E-state index contributed by atoms with van der Waals surface area (Å²) >= 11 is 1.58. The van der Waals surface area contributed by atoms with E-state index in [0.717, 1.165) is 10.2 Å². The standard InChI is InChI=1S/C12H9N2O2S/c1-13-7-17-10-6-8(2-3-9(10)13)14-11(15)4-5-12(14)16/h2-7H,1H3/q+1. The van der Waals surface area contributed by atoms with Gasteiger partial charge in [-0.15, -0.1) is 0 Å². The lowest BCUT2D eigenvalue weighted by atomic mass is 10.2. The fraction of sp³-hybridized carbons (Fsp3) is 0.0833. The zero-order chi connectivity index (χ0) is 12.0. The molecule has 0 saturated carbocycles. The highest BCUT2D eigenvalue weighted by Gasteiger charge is 2.25. The number of hydrogen-bond donors (Lipinski definition) is 0. The van der Waals surface area contributed by atoms with Gasteiger partial charge >= 0.3 is 0 Å². The SMILES string of the molecule is C[n+]1csc2cc(N3C(=O)C=CC3=O)ccc21. The van der Waals surface area contributed by atoms with Gasteiger partial charge in [-0.2, -0.15) is 4.57 Å². The van der Waals surface area contributed by atoms with Crippen molar-refractivity contribution in [1.29, 1.82) is 0 Å². The molecule has 1 aromatic heterocycles. The van der Waals surface area contributed by atoms with Gasteiger partial charge in [0.15, 0.2) is 0 Å². The third-order valence-electron chi connectivity index (χ3n) is 2.73. The number of thiazole rings is 1. The first kappa shape index (κ1) is 10.2. The average molecular weight is 245 g/mol. The van der Waals surface area contributed by atoms with Gasteiger partial charge in [-0.05, 0) is 12.1 Å². The van der Waals surface area contributed by atoms with Crippen molar-refractivity contribution in [2.45, 2.75) is 0 Å². The summed E-state index contributed by atoms with van der Waals surface area (Å²) in [5.41, 5.74) is 3.70. The van der Waals surface area contributed by atoms with E-state index in [4.69, 9.17) is 0 Å². The first-order chi connectivity index (χ1) is 8.16. The second-order valence-electron chi connectivity index (χ2n) is 3.83. The molecule has 0 aliphatic carbocycles. The molecule has 0 unspecified atom stereocenters. The smallest absolute Gasteiger partial charge is 0.258 e. The molecule has 1 aliphatic rings. The van der Waals surface area contributed by atoms with Crippen LogP contribution in [0.3, 0.4) is 0 Å². The Balaban J connectivity index is 2.12. The first-order valence-corrected chi connectivity index (χ1v) is 5.98. The van der Waals surface area contributed by atoms with Crippen LogP contribution in [0.2, 0.25) is 0 Å². The normalized spacial score (nSPS) is 15.2. The lowest BCUT2D eigenvalue weighted by Gasteiger charge is -2.12. The zero-order valence-electron chi connectivity index (χ0n) is 9.08. The molecule has 0 N–H and O–H groups in total. The Bertz CT molecular complexity index is 654. The molecule has 1 aliphatic heterocycles. The van der Waals surface area contributed by atoms with Crippen molar-refractivity contribution in [2.75, 3.05) is 4.90 Å². The third kappa shape index (κ3) is 1.47. The molecule has 2 heterocycles. The number of imide groups is 1. The quantitative estimate of drug-likeness (QED) is 0.558. The number of benzene rings is 1. The van der Waals surface area contributed by atoms with Crippen molar-refractivity contribution >= 4 is 39.1 Å². The second kappa shape index (κ2) is 3.49. The molecule has 5 heteroatoms. The maximum absolute atomic E-state index is 11.5. The predicted molar refractivity (Wildman–Crippen MR) is 64.6 cm³/mol. The van der Waals surface area contributed by atoms with E-state index in [9.17, 15) is 9.59 Å². The third-order valence-corrected chi connectivity index (χ3v) is 3.73. The number of aromatic nitrogens is 1. The molecule has 2 aromatic rings. The summed E-state index contributed by atoms with van der Waals surface area (Å²) in [5, 5.41) is 0. The van der Waals surface area contributed by atoms with Crippen LogP contribution < -0.4 is 9.47 Å². The summed E-state index contributed by atoms with van der Waals surface area (Å²) in [4.78, 5) is 24.3. The number of nitrogens with zero attached hydrogens (tertiary/aromatic N) is 2. The first-order valence-electron chi connectivity index (χ1n) is 5.10. The highest BCUT2D eigenvalue weighted by atomic mass is 32.1. The van der Waals surface area contributed by atoms with E-state index in [-0.39, 0.29) is 11.8 Å². The second-order valence-corrected chi connectivity index (χ2v) is 4.72. The van der Waals surface area contributed by atoms with E-state index in [1.54, 1.807) is 17.4 Å². The maximum Gasteiger partial charge on any atom is 0.258 e. The van der Waals surface area contributed by atoms with Gasteiger partial charge in [0, 0.05) is 18.2 Å². The summed E-state index contributed by atoms with van der Waals surface area (Å²) in [5.74, 6) is -0.564. The lowest BCUT2D eigenvalue weighted by Crippen LogP contribution is -2.29. The molecule has 3 rings (SSSR count). The van der Waals surface area contributed by atoms with Crippen LogP contribution in [0.4, 0.5) is 5.69 Å². The number of amides is 2. The Hall–Kier alpha value is -2.01. The van der Waals surface area contributed by atoms with Crippen LogP contribution in [0.5, 0.6) is 0 Å². The molecule has 0 spiro atoms. The summed E-state index contributed by atoms with van der Waals surface area (Å²) in [6, 6.07) is 5.57. The average Bonchev–Trinajstić information content (AvgIpc) is 2.83. The number of anilines is 1. The van der Waals surface area contributed by atoms with Crippen molar-refractivity contribution in [3.8, 4) is 0 Å². The van der Waals surface area contributed by atoms with Crippen LogP contribution in [0.1, 0.15) is 0 Å². The van der Waals surface area contributed by atoms with E-state index in [1.807, 2.05) is 29.3 Å². The minimum absolute atomic E-state index is 0.282.